The quantitative estimate of drug-likeness (QED) is 0.500. The molecule has 20 heavy (non-hydrogen) atoms. The monoisotopic (exact) mass is 280 g/mol. The Hall–Kier alpha value is -2.44. The van der Waals surface area contributed by atoms with Crippen LogP contribution in [0.5, 0.6) is 0 Å². The van der Waals surface area contributed by atoms with Crippen molar-refractivity contribution in [1.82, 2.24) is 5.32 Å². The van der Waals surface area contributed by atoms with Crippen molar-refractivity contribution in [3.63, 3.8) is 0 Å². The van der Waals surface area contributed by atoms with Crippen LogP contribution in [0.4, 0.5) is 5.69 Å². The molecule has 1 amide bonds. The molecule has 0 spiro atoms. The van der Waals surface area contributed by atoms with E-state index in [4.69, 9.17) is 4.74 Å². The molecular weight excluding hydrogens is 264 g/mol. The molecule has 0 aliphatic carbocycles. The van der Waals surface area contributed by atoms with E-state index in [1.54, 1.807) is 6.92 Å². The highest BCUT2D eigenvalue weighted by atomic mass is 16.6. The number of hydrogen-bond donors (Lipinski definition) is 1. The third-order valence-corrected chi connectivity index (χ3v) is 2.73. The van der Waals surface area contributed by atoms with Gasteiger partial charge in [0.25, 0.3) is 5.69 Å². The lowest BCUT2D eigenvalue weighted by atomic mass is 9.95. The van der Waals surface area contributed by atoms with Crippen LogP contribution in [0, 0.1) is 10.1 Å². The van der Waals surface area contributed by atoms with Gasteiger partial charge in [0, 0.05) is 26.0 Å². The number of non-ortho nitro benzene ring substituents is 1. The van der Waals surface area contributed by atoms with Gasteiger partial charge in [-0.05, 0) is 24.6 Å². The van der Waals surface area contributed by atoms with Crippen molar-refractivity contribution in [2.45, 2.75) is 26.4 Å². The lowest BCUT2D eigenvalue weighted by Gasteiger charge is -2.29. The molecule has 108 valence electrons. The van der Waals surface area contributed by atoms with Crippen molar-refractivity contribution in [2.75, 3.05) is 6.54 Å². The molecule has 0 fully saturated rings. The van der Waals surface area contributed by atoms with Crippen LogP contribution in [-0.2, 0) is 19.9 Å². The zero-order valence-corrected chi connectivity index (χ0v) is 11.5. The number of nitro benzene ring substituents is 1. The first-order valence-corrected chi connectivity index (χ1v) is 5.93. The second kappa shape index (κ2) is 6.14. The number of nitrogens with one attached hydrogen (secondary N) is 1. The summed E-state index contributed by atoms with van der Waals surface area (Å²) < 4.78 is 5.25. The minimum Gasteiger partial charge on any atom is -0.453 e. The molecule has 0 aliphatic rings. The van der Waals surface area contributed by atoms with Crippen LogP contribution in [0.25, 0.3) is 0 Å². The number of carbonyl (C=O) groups is 2. The molecule has 7 heteroatoms. The number of nitrogens with zero attached hydrogens (tertiary/aromatic N) is 1. The summed E-state index contributed by atoms with van der Waals surface area (Å²) in [6.07, 6.45) is 0. The van der Waals surface area contributed by atoms with Gasteiger partial charge in [-0.1, -0.05) is 0 Å². The van der Waals surface area contributed by atoms with E-state index in [2.05, 4.69) is 5.32 Å². The number of rotatable bonds is 5. The van der Waals surface area contributed by atoms with Crippen molar-refractivity contribution in [1.29, 1.82) is 0 Å². The molecule has 1 rings (SSSR count). The predicted octanol–water partition coefficient (Wildman–Crippen LogP) is 1.51. The molecular formula is C13H16N2O5. The molecule has 0 radical (unpaired) electrons. The molecule has 0 aromatic heterocycles. The number of hydrogen-bond acceptors (Lipinski definition) is 5. The Morgan fingerprint density at radius 3 is 2.25 bits per heavy atom. The van der Waals surface area contributed by atoms with Crippen molar-refractivity contribution >= 4 is 17.6 Å². The maximum absolute atomic E-state index is 11.2. The first-order valence-electron chi connectivity index (χ1n) is 5.93. The topological polar surface area (TPSA) is 98.5 Å². The van der Waals surface area contributed by atoms with Gasteiger partial charge in [-0.15, -0.1) is 0 Å². The number of benzene rings is 1. The molecule has 1 aromatic rings. The Labute approximate surface area is 116 Å². The molecule has 1 N–H and O–H groups in total. The molecule has 1 atom stereocenters. The lowest BCUT2D eigenvalue weighted by Crippen LogP contribution is -2.41. The molecule has 0 unspecified atom stereocenters. The Morgan fingerprint density at radius 2 is 1.85 bits per heavy atom. The standard InChI is InChI=1S/C13H16N2O5/c1-9(16)14-8-13(3,20-10(2)17)11-4-6-12(7-5-11)15(18)19/h4-7H,8H2,1-3H3,(H,14,16)/t13-/m0/s1. The predicted molar refractivity (Wildman–Crippen MR) is 70.9 cm³/mol. The van der Waals surface area contributed by atoms with Gasteiger partial charge < -0.3 is 10.1 Å². The van der Waals surface area contributed by atoms with Crippen LogP contribution in [0.1, 0.15) is 26.3 Å². The van der Waals surface area contributed by atoms with E-state index >= 15 is 0 Å². The summed E-state index contributed by atoms with van der Waals surface area (Å²) in [5.74, 6) is -0.763. The van der Waals surface area contributed by atoms with Gasteiger partial charge in [-0.25, -0.2) is 0 Å². The van der Waals surface area contributed by atoms with Crippen LogP contribution in [0.2, 0.25) is 0 Å². The van der Waals surface area contributed by atoms with Gasteiger partial charge >= 0.3 is 5.97 Å². The van der Waals surface area contributed by atoms with Gasteiger partial charge in [0.2, 0.25) is 5.91 Å². The van der Waals surface area contributed by atoms with E-state index < -0.39 is 16.5 Å². The summed E-state index contributed by atoms with van der Waals surface area (Å²) in [6.45, 7) is 4.33. The summed E-state index contributed by atoms with van der Waals surface area (Å²) in [7, 11) is 0. The molecule has 1 aromatic carbocycles. The molecule has 7 nitrogen and oxygen atoms in total. The van der Waals surface area contributed by atoms with Crippen LogP contribution in [0.3, 0.4) is 0 Å². The maximum atomic E-state index is 11.2. The van der Waals surface area contributed by atoms with Crippen LogP contribution in [-0.4, -0.2) is 23.3 Å². The number of nitro groups is 1. The Bertz CT molecular complexity index is 526. The van der Waals surface area contributed by atoms with Crippen molar-refractivity contribution in [3.05, 3.63) is 39.9 Å². The highest BCUT2D eigenvalue weighted by Crippen LogP contribution is 2.26. The fourth-order valence-electron chi connectivity index (χ4n) is 1.74. The van der Waals surface area contributed by atoms with Crippen LogP contribution < -0.4 is 5.32 Å². The number of carbonyl (C=O) groups excluding carboxylic acids is 2. The van der Waals surface area contributed by atoms with E-state index in [-0.39, 0.29) is 18.1 Å². The number of ether oxygens (including phenoxy) is 1. The summed E-state index contributed by atoms with van der Waals surface area (Å²) in [4.78, 5) is 32.3. The zero-order chi connectivity index (χ0) is 15.3. The minimum atomic E-state index is -1.08. The Kier molecular flexibility index (Phi) is 4.79. The Morgan fingerprint density at radius 1 is 1.30 bits per heavy atom. The normalized spacial score (nSPS) is 13.2. The van der Waals surface area contributed by atoms with E-state index in [0.717, 1.165) is 0 Å². The lowest BCUT2D eigenvalue weighted by molar-refractivity contribution is -0.384. The van der Waals surface area contributed by atoms with Crippen molar-refractivity contribution in [2.24, 2.45) is 0 Å². The van der Waals surface area contributed by atoms with Gasteiger partial charge in [0.05, 0.1) is 11.5 Å². The Balaban J connectivity index is 3.05. The third-order valence-electron chi connectivity index (χ3n) is 2.73. The van der Waals surface area contributed by atoms with E-state index in [1.807, 2.05) is 0 Å². The summed E-state index contributed by atoms with van der Waals surface area (Å²) in [5.41, 5.74) is -0.572. The number of amides is 1. The highest BCUT2D eigenvalue weighted by molar-refractivity contribution is 5.73. The van der Waals surface area contributed by atoms with Gasteiger partial charge in [0.1, 0.15) is 0 Å². The average Bonchev–Trinajstić information content (AvgIpc) is 2.36. The van der Waals surface area contributed by atoms with E-state index in [9.17, 15) is 19.7 Å². The SMILES string of the molecule is CC(=O)NC[C@](C)(OC(C)=O)c1ccc([N+](=O)[O-])cc1. The summed E-state index contributed by atoms with van der Waals surface area (Å²) in [6, 6.07) is 5.65. The molecule has 0 heterocycles. The second-order valence-electron chi connectivity index (χ2n) is 4.54. The number of esters is 1. The third kappa shape index (κ3) is 4.04. The first-order chi connectivity index (χ1) is 9.24. The fraction of sp³-hybridized carbons (Fsp3) is 0.385. The smallest absolute Gasteiger partial charge is 0.303 e. The minimum absolute atomic E-state index is 0.0570. The van der Waals surface area contributed by atoms with E-state index in [1.165, 1.54) is 38.1 Å². The molecule has 0 saturated heterocycles. The van der Waals surface area contributed by atoms with Crippen molar-refractivity contribution < 1.29 is 19.2 Å². The van der Waals surface area contributed by atoms with Gasteiger partial charge in [-0.2, -0.15) is 0 Å². The molecule has 0 bridgehead atoms. The first kappa shape index (κ1) is 15.6. The highest BCUT2D eigenvalue weighted by Gasteiger charge is 2.30. The molecule has 0 saturated carbocycles. The van der Waals surface area contributed by atoms with Gasteiger partial charge in [-0.3, -0.25) is 19.7 Å². The van der Waals surface area contributed by atoms with Gasteiger partial charge in [0.15, 0.2) is 5.60 Å². The average molecular weight is 280 g/mol. The summed E-state index contributed by atoms with van der Waals surface area (Å²) >= 11 is 0. The fourth-order valence-corrected chi connectivity index (χ4v) is 1.74. The molecule has 0 aliphatic heterocycles. The second-order valence-corrected chi connectivity index (χ2v) is 4.54. The largest absolute Gasteiger partial charge is 0.453 e. The van der Waals surface area contributed by atoms with E-state index in [0.29, 0.717) is 5.56 Å². The van der Waals surface area contributed by atoms with Crippen molar-refractivity contribution in [3.8, 4) is 0 Å². The van der Waals surface area contributed by atoms with Crippen LogP contribution in [0.15, 0.2) is 24.3 Å². The van der Waals surface area contributed by atoms with Crippen LogP contribution >= 0.6 is 0 Å². The summed E-state index contributed by atoms with van der Waals surface area (Å²) in [5, 5.41) is 13.2. The maximum Gasteiger partial charge on any atom is 0.303 e. The zero-order valence-electron chi connectivity index (χ0n) is 11.5.